The molecular formula is C9H16N2O5. The molecule has 0 rings (SSSR count). The summed E-state index contributed by atoms with van der Waals surface area (Å²) in [5.74, 6) is -1.53. The topological polar surface area (TPSA) is 95.9 Å². The van der Waals surface area contributed by atoms with Gasteiger partial charge in [0.05, 0.1) is 7.11 Å². The zero-order chi connectivity index (χ0) is 12.6. The van der Waals surface area contributed by atoms with Crippen molar-refractivity contribution in [2.24, 2.45) is 0 Å². The van der Waals surface area contributed by atoms with Gasteiger partial charge in [-0.3, -0.25) is 9.59 Å². The van der Waals surface area contributed by atoms with Gasteiger partial charge in [-0.15, -0.1) is 0 Å². The Kier molecular flexibility index (Phi) is 6.66. The number of alkyl carbamates (subject to hydrolysis) is 1. The van der Waals surface area contributed by atoms with Crippen LogP contribution in [0.2, 0.25) is 0 Å². The summed E-state index contributed by atoms with van der Waals surface area (Å²) >= 11 is 0. The van der Waals surface area contributed by atoms with Crippen molar-refractivity contribution in [1.29, 1.82) is 0 Å². The Labute approximate surface area is 93.4 Å². The van der Waals surface area contributed by atoms with Gasteiger partial charge in [-0.1, -0.05) is 6.92 Å². The first-order valence-electron chi connectivity index (χ1n) is 4.82. The van der Waals surface area contributed by atoms with Crippen molar-refractivity contribution in [3.05, 3.63) is 0 Å². The van der Waals surface area contributed by atoms with Gasteiger partial charge in [0, 0.05) is 6.54 Å². The number of rotatable bonds is 6. The molecule has 0 radical (unpaired) electrons. The number of carboxylic acids is 1. The molecule has 0 fully saturated rings. The Morgan fingerprint density at radius 3 is 2.44 bits per heavy atom. The van der Waals surface area contributed by atoms with Crippen LogP contribution in [0, 0.1) is 0 Å². The Balaban J connectivity index is 4.16. The maximum atomic E-state index is 11.5. The first-order valence-corrected chi connectivity index (χ1v) is 4.82. The van der Waals surface area contributed by atoms with E-state index in [4.69, 9.17) is 5.11 Å². The fraction of sp³-hybridized carbons (Fsp3) is 0.667. The van der Waals surface area contributed by atoms with Gasteiger partial charge in [0.1, 0.15) is 13.1 Å². The van der Waals surface area contributed by atoms with Gasteiger partial charge >= 0.3 is 12.1 Å². The second-order valence-electron chi connectivity index (χ2n) is 3.05. The Hall–Kier alpha value is -1.79. The predicted octanol–water partition coefficient (Wildman–Crippen LogP) is -0.334. The fourth-order valence-electron chi connectivity index (χ4n) is 1.06. The Morgan fingerprint density at radius 1 is 1.38 bits per heavy atom. The molecule has 0 atom stereocenters. The molecule has 0 aliphatic rings. The van der Waals surface area contributed by atoms with E-state index in [0.29, 0.717) is 13.0 Å². The first-order chi connectivity index (χ1) is 7.51. The summed E-state index contributed by atoms with van der Waals surface area (Å²) < 4.78 is 4.28. The van der Waals surface area contributed by atoms with Gasteiger partial charge in [0.15, 0.2) is 0 Å². The molecule has 0 heterocycles. The van der Waals surface area contributed by atoms with E-state index in [9.17, 15) is 14.4 Å². The zero-order valence-corrected chi connectivity index (χ0v) is 9.36. The molecule has 16 heavy (non-hydrogen) atoms. The van der Waals surface area contributed by atoms with Crippen LogP contribution in [0.1, 0.15) is 13.3 Å². The monoisotopic (exact) mass is 232 g/mol. The predicted molar refractivity (Wildman–Crippen MR) is 54.9 cm³/mol. The lowest BCUT2D eigenvalue weighted by molar-refractivity contribution is -0.144. The van der Waals surface area contributed by atoms with Gasteiger partial charge in [0.25, 0.3) is 0 Å². The maximum Gasteiger partial charge on any atom is 0.407 e. The highest BCUT2D eigenvalue weighted by Gasteiger charge is 2.16. The molecule has 2 N–H and O–H groups in total. The van der Waals surface area contributed by atoms with Crippen molar-refractivity contribution < 1.29 is 24.2 Å². The highest BCUT2D eigenvalue weighted by molar-refractivity contribution is 5.85. The maximum absolute atomic E-state index is 11.5. The summed E-state index contributed by atoms with van der Waals surface area (Å²) in [6.45, 7) is 1.54. The number of nitrogens with zero attached hydrogens (tertiary/aromatic N) is 1. The second kappa shape index (κ2) is 7.49. The number of amides is 2. The molecule has 0 bridgehead atoms. The molecule has 0 aromatic rings. The van der Waals surface area contributed by atoms with E-state index < -0.39 is 18.0 Å². The molecule has 0 aromatic carbocycles. The molecule has 2 amide bonds. The lowest BCUT2D eigenvalue weighted by Crippen LogP contribution is -2.42. The Bertz CT molecular complexity index is 267. The first kappa shape index (κ1) is 14.2. The molecule has 7 nitrogen and oxygen atoms in total. The summed E-state index contributed by atoms with van der Waals surface area (Å²) in [6, 6.07) is 0. The summed E-state index contributed by atoms with van der Waals surface area (Å²) in [5, 5.41) is 10.8. The quantitative estimate of drug-likeness (QED) is 0.653. The second-order valence-corrected chi connectivity index (χ2v) is 3.05. The smallest absolute Gasteiger partial charge is 0.407 e. The average Bonchev–Trinajstić information content (AvgIpc) is 2.24. The normalized spacial score (nSPS) is 9.38. The van der Waals surface area contributed by atoms with Crippen LogP contribution in [-0.4, -0.2) is 54.7 Å². The van der Waals surface area contributed by atoms with Crippen LogP contribution in [0.15, 0.2) is 0 Å². The molecule has 0 spiro atoms. The van der Waals surface area contributed by atoms with Crippen molar-refractivity contribution >= 4 is 18.0 Å². The van der Waals surface area contributed by atoms with Crippen LogP contribution in [0.5, 0.6) is 0 Å². The van der Waals surface area contributed by atoms with Crippen LogP contribution >= 0.6 is 0 Å². The summed E-state index contributed by atoms with van der Waals surface area (Å²) in [6.07, 6.45) is -0.0721. The largest absolute Gasteiger partial charge is 0.480 e. The number of methoxy groups -OCH3 is 1. The third-order valence-electron chi connectivity index (χ3n) is 1.74. The molecule has 92 valence electrons. The van der Waals surface area contributed by atoms with Gasteiger partial charge in [0.2, 0.25) is 5.91 Å². The number of carboxylic acid groups (broad SMARTS) is 1. The zero-order valence-electron chi connectivity index (χ0n) is 9.36. The number of nitrogens with one attached hydrogen (secondary N) is 1. The van der Waals surface area contributed by atoms with E-state index in [-0.39, 0.29) is 13.1 Å². The van der Waals surface area contributed by atoms with Crippen LogP contribution in [0.3, 0.4) is 0 Å². The van der Waals surface area contributed by atoms with E-state index in [1.807, 2.05) is 6.92 Å². The van der Waals surface area contributed by atoms with Crippen LogP contribution < -0.4 is 5.32 Å². The third-order valence-corrected chi connectivity index (χ3v) is 1.74. The van der Waals surface area contributed by atoms with Crippen molar-refractivity contribution in [2.75, 3.05) is 26.7 Å². The van der Waals surface area contributed by atoms with E-state index in [1.54, 1.807) is 0 Å². The molecule has 0 aliphatic heterocycles. The lowest BCUT2D eigenvalue weighted by Gasteiger charge is -2.19. The molecule has 0 aromatic heterocycles. The van der Waals surface area contributed by atoms with Crippen molar-refractivity contribution in [2.45, 2.75) is 13.3 Å². The van der Waals surface area contributed by atoms with E-state index in [0.717, 1.165) is 4.90 Å². The van der Waals surface area contributed by atoms with Crippen LogP contribution in [-0.2, 0) is 14.3 Å². The number of hydrogen-bond acceptors (Lipinski definition) is 4. The minimum Gasteiger partial charge on any atom is -0.480 e. The molecule has 0 saturated carbocycles. The van der Waals surface area contributed by atoms with E-state index in [1.165, 1.54) is 7.11 Å². The fourth-order valence-corrected chi connectivity index (χ4v) is 1.06. The van der Waals surface area contributed by atoms with Crippen molar-refractivity contribution in [3.63, 3.8) is 0 Å². The summed E-state index contributed by atoms with van der Waals surface area (Å²) in [7, 11) is 1.18. The van der Waals surface area contributed by atoms with Gasteiger partial charge < -0.3 is 20.1 Å². The SMILES string of the molecule is CCCN(CC(=O)O)C(=O)CNC(=O)OC. The van der Waals surface area contributed by atoms with Crippen LogP contribution in [0.4, 0.5) is 4.79 Å². The highest BCUT2D eigenvalue weighted by Crippen LogP contribution is 1.92. The minimum atomic E-state index is -1.08. The van der Waals surface area contributed by atoms with Gasteiger partial charge in [-0.05, 0) is 6.42 Å². The van der Waals surface area contributed by atoms with Gasteiger partial charge in [-0.2, -0.15) is 0 Å². The van der Waals surface area contributed by atoms with Gasteiger partial charge in [-0.25, -0.2) is 4.79 Å². The van der Waals surface area contributed by atoms with Crippen molar-refractivity contribution in [1.82, 2.24) is 10.2 Å². The van der Waals surface area contributed by atoms with E-state index >= 15 is 0 Å². The Morgan fingerprint density at radius 2 is 2.00 bits per heavy atom. The van der Waals surface area contributed by atoms with Crippen LogP contribution in [0.25, 0.3) is 0 Å². The molecular weight excluding hydrogens is 216 g/mol. The van der Waals surface area contributed by atoms with E-state index in [2.05, 4.69) is 10.1 Å². The molecule has 0 saturated heterocycles. The number of hydrogen-bond donors (Lipinski definition) is 2. The average molecular weight is 232 g/mol. The summed E-state index contributed by atoms with van der Waals surface area (Å²) in [4.78, 5) is 33.8. The lowest BCUT2D eigenvalue weighted by atomic mass is 10.3. The number of carbonyl (C=O) groups is 3. The minimum absolute atomic E-state index is 0.264. The molecule has 7 heteroatoms. The number of ether oxygens (including phenoxy) is 1. The highest BCUT2D eigenvalue weighted by atomic mass is 16.5. The standard InChI is InChI=1S/C9H16N2O5/c1-3-4-11(6-8(13)14)7(12)5-10-9(15)16-2/h3-6H2,1-2H3,(H,10,15)(H,13,14). The third kappa shape index (κ3) is 5.84. The number of aliphatic carboxylic acids is 1. The molecule has 0 unspecified atom stereocenters. The number of carbonyl (C=O) groups excluding carboxylic acids is 2. The summed E-state index contributed by atoms with van der Waals surface area (Å²) in [5.41, 5.74) is 0. The van der Waals surface area contributed by atoms with Crippen molar-refractivity contribution in [3.8, 4) is 0 Å². The molecule has 0 aliphatic carbocycles.